The molecule has 3 spiro atoms. The van der Waals surface area contributed by atoms with Gasteiger partial charge in [0.25, 0.3) is 0 Å². The van der Waals surface area contributed by atoms with Gasteiger partial charge in [-0.3, -0.25) is 4.79 Å². The number of carbonyl (C=O) groups is 1. The summed E-state index contributed by atoms with van der Waals surface area (Å²) in [6.07, 6.45) is 5.23. The number of ketones is 1. The molecule has 0 aromatic carbocycles. The van der Waals surface area contributed by atoms with Crippen LogP contribution < -0.4 is 0 Å². The fraction of sp³-hybridized carbons (Fsp3) is 0.839. The maximum atomic E-state index is 14.5. The number of rotatable bonds is 4. The van der Waals surface area contributed by atoms with Crippen molar-refractivity contribution in [3.8, 4) is 0 Å². The van der Waals surface area contributed by atoms with Crippen LogP contribution in [0.5, 0.6) is 0 Å². The molecule has 38 heavy (non-hydrogen) atoms. The van der Waals surface area contributed by atoms with E-state index in [2.05, 4.69) is 27.4 Å². The highest BCUT2D eigenvalue weighted by Crippen LogP contribution is 2.79. The van der Waals surface area contributed by atoms with Gasteiger partial charge in [-0.25, -0.2) is 0 Å². The second kappa shape index (κ2) is 7.94. The van der Waals surface area contributed by atoms with Gasteiger partial charge in [0, 0.05) is 23.7 Å². The third-order valence-corrected chi connectivity index (χ3v) is 11.3. The number of fused-ring (bicyclic) bond motifs is 2. The van der Waals surface area contributed by atoms with E-state index in [1.54, 1.807) is 0 Å². The standard InChI is InChI=1S/C31H44O7/c1-7-8-14-34-21-12-9-18-16-27(3,4)22-24(33)31-30-20(29(22,13-15-35-31)25(18)36-21)11-10-19(17(2)23(30)32)26(30)37-28(5,6)38-31/h19-22,24,26,33H,2,7-16H2,1,3-6H3. The van der Waals surface area contributed by atoms with Crippen LogP contribution in [0.1, 0.15) is 86.0 Å². The van der Waals surface area contributed by atoms with E-state index in [-0.39, 0.29) is 35.2 Å². The average Bonchev–Trinajstić information content (AvgIpc) is 2.99. The molecule has 3 saturated carbocycles. The van der Waals surface area contributed by atoms with Crippen LogP contribution in [0.4, 0.5) is 0 Å². The van der Waals surface area contributed by atoms with Gasteiger partial charge in [-0.1, -0.05) is 33.8 Å². The number of unbranched alkanes of at least 4 members (excludes halogenated alkanes) is 1. The first-order valence-electron chi connectivity index (χ1n) is 14.9. The summed E-state index contributed by atoms with van der Waals surface area (Å²) in [7, 11) is 0. The Morgan fingerprint density at radius 2 is 1.95 bits per heavy atom. The van der Waals surface area contributed by atoms with E-state index >= 15 is 0 Å². The maximum Gasteiger partial charge on any atom is 0.213 e. The molecule has 0 amide bonds. The number of allylic oxidation sites excluding steroid dienone is 2. The molecule has 7 nitrogen and oxygen atoms in total. The van der Waals surface area contributed by atoms with Crippen molar-refractivity contribution in [1.82, 2.24) is 0 Å². The van der Waals surface area contributed by atoms with Gasteiger partial charge in [0.15, 0.2) is 17.9 Å². The van der Waals surface area contributed by atoms with Crippen LogP contribution >= 0.6 is 0 Å². The second-order valence-corrected chi connectivity index (χ2v) is 14.1. The zero-order valence-corrected chi connectivity index (χ0v) is 23.6. The molecule has 7 heteroatoms. The van der Waals surface area contributed by atoms with E-state index in [4.69, 9.17) is 23.7 Å². The van der Waals surface area contributed by atoms with Gasteiger partial charge in [-0.15, -0.1) is 0 Å². The van der Waals surface area contributed by atoms with Crippen molar-refractivity contribution in [3.05, 3.63) is 23.5 Å². The summed E-state index contributed by atoms with van der Waals surface area (Å²) in [4.78, 5) is 14.5. The smallest absolute Gasteiger partial charge is 0.213 e. The van der Waals surface area contributed by atoms with Crippen molar-refractivity contribution in [3.63, 3.8) is 0 Å². The van der Waals surface area contributed by atoms with Crippen LogP contribution in [0, 0.1) is 34.0 Å². The predicted octanol–water partition coefficient (Wildman–Crippen LogP) is 5.02. The minimum absolute atomic E-state index is 0.0404. The molecule has 4 aliphatic heterocycles. The first-order valence-corrected chi connectivity index (χ1v) is 14.9. The summed E-state index contributed by atoms with van der Waals surface area (Å²) in [5, 5.41) is 12.6. The number of aliphatic hydroxyl groups is 1. The third kappa shape index (κ3) is 2.81. The summed E-state index contributed by atoms with van der Waals surface area (Å²) in [5.41, 5.74) is -0.0399. The monoisotopic (exact) mass is 528 g/mol. The van der Waals surface area contributed by atoms with Crippen LogP contribution in [0.15, 0.2) is 23.5 Å². The molecule has 9 unspecified atom stereocenters. The van der Waals surface area contributed by atoms with Crippen LogP contribution in [-0.4, -0.2) is 54.2 Å². The van der Waals surface area contributed by atoms with Gasteiger partial charge in [0.05, 0.1) is 19.3 Å². The molecule has 0 radical (unpaired) electrons. The summed E-state index contributed by atoms with van der Waals surface area (Å²) in [6.45, 7) is 15.8. The van der Waals surface area contributed by atoms with Gasteiger partial charge >= 0.3 is 0 Å². The van der Waals surface area contributed by atoms with E-state index < -0.39 is 34.6 Å². The number of ether oxygens (including phenoxy) is 5. The van der Waals surface area contributed by atoms with E-state index in [0.29, 0.717) is 25.2 Å². The first kappa shape index (κ1) is 25.7. The minimum atomic E-state index is -1.48. The number of Topliss-reactive ketones (excluding diaryl/α,β-unsaturated/α-hetero) is 1. The van der Waals surface area contributed by atoms with E-state index in [9.17, 15) is 9.90 Å². The molecule has 3 saturated heterocycles. The quantitative estimate of drug-likeness (QED) is 0.405. The molecule has 4 heterocycles. The van der Waals surface area contributed by atoms with Gasteiger partial charge in [0.1, 0.15) is 17.3 Å². The topological polar surface area (TPSA) is 83.5 Å². The fourth-order valence-corrected chi connectivity index (χ4v) is 10.5. The predicted molar refractivity (Wildman–Crippen MR) is 138 cm³/mol. The molecule has 8 rings (SSSR count). The lowest BCUT2D eigenvalue weighted by Crippen LogP contribution is -2.82. The molecular weight excluding hydrogens is 484 g/mol. The molecule has 1 N–H and O–H groups in total. The SMILES string of the molecule is C=C1C(=O)C23C4OC(C)(C)OC25OCCC2(C6=C(CCC(OCCCC)O6)CC(C)(C)C2C5O)C3CCC14. The summed E-state index contributed by atoms with van der Waals surface area (Å²) in [6, 6.07) is 0. The van der Waals surface area contributed by atoms with Gasteiger partial charge in [-0.2, -0.15) is 0 Å². The Morgan fingerprint density at radius 1 is 1.16 bits per heavy atom. The summed E-state index contributed by atoms with van der Waals surface area (Å²) in [5.74, 6) is -1.99. The Balaban J connectivity index is 1.46. The van der Waals surface area contributed by atoms with Crippen molar-refractivity contribution in [2.24, 2.45) is 34.0 Å². The number of aliphatic hydroxyl groups excluding tert-OH is 1. The lowest BCUT2D eigenvalue weighted by Gasteiger charge is -2.72. The Morgan fingerprint density at radius 3 is 2.71 bits per heavy atom. The Kier molecular flexibility index (Phi) is 5.37. The Hall–Kier alpha value is -1.25. The van der Waals surface area contributed by atoms with Crippen LogP contribution in [0.2, 0.25) is 0 Å². The van der Waals surface area contributed by atoms with Gasteiger partial charge < -0.3 is 28.8 Å². The summed E-state index contributed by atoms with van der Waals surface area (Å²) >= 11 is 0. The lowest BCUT2D eigenvalue weighted by atomic mass is 9.37. The normalized spacial score (nSPS) is 49.6. The Labute approximate surface area is 226 Å². The molecule has 0 aromatic heterocycles. The maximum absolute atomic E-state index is 14.5. The Bertz CT molecular complexity index is 1110. The highest BCUT2D eigenvalue weighted by molar-refractivity contribution is 6.05. The molecule has 9 atom stereocenters. The molecule has 210 valence electrons. The number of hydrogen-bond acceptors (Lipinski definition) is 7. The fourth-order valence-electron chi connectivity index (χ4n) is 10.5. The highest BCUT2D eigenvalue weighted by Gasteiger charge is 2.88. The van der Waals surface area contributed by atoms with Crippen LogP contribution in [0.25, 0.3) is 0 Å². The van der Waals surface area contributed by atoms with Crippen molar-refractivity contribution in [2.45, 2.75) is 116 Å². The van der Waals surface area contributed by atoms with Crippen LogP contribution in [-0.2, 0) is 28.5 Å². The van der Waals surface area contributed by atoms with E-state index in [0.717, 1.165) is 50.7 Å². The third-order valence-electron chi connectivity index (χ3n) is 11.3. The summed E-state index contributed by atoms with van der Waals surface area (Å²) < 4.78 is 33.2. The molecule has 4 aliphatic carbocycles. The zero-order valence-electron chi connectivity index (χ0n) is 23.6. The van der Waals surface area contributed by atoms with Crippen molar-refractivity contribution in [2.75, 3.05) is 13.2 Å². The average molecular weight is 529 g/mol. The minimum Gasteiger partial charge on any atom is -0.469 e. The largest absolute Gasteiger partial charge is 0.469 e. The van der Waals surface area contributed by atoms with Crippen molar-refractivity contribution in [1.29, 1.82) is 0 Å². The molecule has 6 fully saturated rings. The zero-order chi connectivity index (χ0) is 26.9. The highest BCUT2D eigenvalue weighted by atomic mass is 16.8. The van der Waals surface area contributed by atoms with Gasteiger partial charge in [0.2, 0.25) is 5.79 Å². The molecular formula is C31H44O7. The van der Waals surface area contributed by atoms with Crippen LogP contribution in [0.3, 0.4) is 0 Å². The molecule has 4 bridgehead atoms. The van der Waals surface area contributed by atoms with E-state index in [1.807, 2.05) is 13.8 Å². The van der Waals surface area contributed by atoms with Gasteiger partial charge in [-0.05, 0) is 74.9 Å². The van der Waals surface area contributed by atoms with E-state index in [1.165, 1.54) is 5.57 Å². The molecule has 8 aliphatic rings. The molecule has 0 aromatic rings. The lowest BCUT2D eigenvalue weighted by molar-refractivity contribution is -0.487. The first-order chi connectivity index (χ1) is 18.0. The number of carbonyl (C=O) groups excluding carboxylic acids is 1. The number of hydrogen-bond donors (Lipinski definition) is 1. The van der Waals surface area contributed by atoms with Crippen molar-refractivity contribution < 1.29 is 33.6 Å². The van der Waals surface area contributed by atoms with Crippen molar-refractivity contribution >= 4 is 5.78 Å². The second-order valence-electron chi connectivity index (χ2n) is 14.1.